The Morgan fingerprint density at radius 2 is 2.17 bits per heavy atom. The summed E-state index contributed by atoms with van der Waals surface area (Å²) in [5.41, 5.74) is -0.00217. The van der Waals surface area contributed by atoms with E-state index in [-0.39, 0.29) is 5.56 Å². The van der Waals surface area contributed by atoms with Gasteiger partial charge in [-0.05, 0) is 44.0 Å². The van der Waals surface area contributed by atoms with Gasteiger partial charge < -0.3 is 10.6 Å². The number of hydrogen-bond acceptors (Lipinski definition) is 2. The Morgan fingerprint density at radius 1 is 1.39 bits per heavy atom. The van der Waals surface area contributed by atoms with E-state index in [4.69, 9.17) is 11.6 Å². The number of hydrogen-bond donors (Lipinski definition) is 2. The predicted molar refractivity (Wildman–Crippen MR) is 69.4 cm³/mol. The van der Waals surface area contributed by atoms with Crippen molar-refractivity contribution >= 4 is 17.5 Å². The van der Waals surface area contributed by atoms with E-state index in [1.54, 1.807) is 0 Å². The van der Waals surface area contributed by atoms with Crippen molar-refractivity contribution in [2.45, 2.75) is 25.3 Å². The molecule has 2 rings (SSSR count). The molecule has 0 aliphatic heterocycles. The summed E-state index contributed by atoms with van der Waals surface area (Å²) in [5, 5.41) is 6.39. The zero-order valence-electron chi connectivity index (χ0n) is 10.0. The first-order valence-electron chi connectivity index (χ1n) is 6.13. The Kier molecular flexibility index (Phi) is 4.55. The van der Waals surface area contributed by atoms with Gasteiger partial charge >= 0.3 is 0 Å². The lowest BCUT2D eigenvalue weighted by Gasteiger charge is -2.07. The minimum Gasteiger partial charge on any atom is -0.352 e. The van der Waals surface area contributed by atoms with Gasteiger partial charge in [-0.1, -0.05) is 11.6 Å². The SMILES string of the molecule is O=C(NCCCNC1CC1)c1cc(Cl)ccc1F. The average molecular weight is 271 g/mol. The fraction of sp³-hybridized carbons (Fsp3) is 0.462. The van der Waals surface area contributed by atoms with Crippen molar-refractivity contribution in [3.05, 3.63) is 34.6 Å². The maximum absolute atomic E-state index is 13.4. The number of rotatable bonds is 6. The van der Waals surface area contributed by atoms with Gasteiger partial charge in [0.2, 0.25) is 0 Å². The van der Waals surface area contributed by atoms with Crippen LogP contribution in [0.25, 0.3) is 0 Å². The molecule has 5 heteroatoms. The van der Waals surface area contributed by atoms with Crippen molar-refractivity contribution in [1.82, 2.24) is 10.6 Å². The molecule has 1 saturated carbocycles. The number of carbonyl (C=O) groups excluding carboxylic acids is 1. The van der Waals surface area contributed by atoms with Crippen molar-refractivity contribution in [3.8, 4) is 0 Å². The van der Waals surface area contributed by atoms with Crippen LogP contribution in [0.15, 0.2) is 18.2 Å². The summed E-state index contributed by atoms with van der Waals surface area (Å²) in [4.78, 5) is 11.7. The van der Waals surface area contributed by atoms with E-state index in [1.807, 2.05) is 0 Å². The Morgan fingerprint density at radius 3 is 2.89 bits per heavy atom. The Hall–Kier alpha value is -1.13. The van der Waals surface area contributed by atoms with E-state index in [9.17, 15) is 9.18 Å². The lowest BCUT2D eigenvalue weighted by atomic mass is 10.2. The van der Waals surface area contributed by atoms with Crippen LogP contribution in [-0.2, 0) is 0 Å². The van der Waals surface area contributed by atoms with Crippen molar-refractivity contribution in [1.29, 1.82) is 0 Å². The highest BCUT2D eigenvalue weighted by atomic mass is 35.5. The first kappa shape index (κ1) is 13.3. The zero-order valence-corrected chi connectivity index (χ0v) is 10.8. The molecule has 0 radical (unpaired) electrons. The van der Waals surface area contributed by atoms with Gasteiger partial charge in [-0.3, -0.25) is 4.79 Å². The lowest BCUT2D eigenvalue weighted by molar-refractivity contribution is 0.0949. The van der Waals surface area contributed by atoms with E-state index in [1.165, 1.54) is 31.0 Å². The van der Waals surface area contributed by atoms with E-state index < -0.39 is 11.7 Å². The summed E-state index contributed by atoms with van der Waals surface area (Å²) in [6, 6.07) is 4.64. The molecule has 1 fully saturated rings. The second-order valence-electron chi connectivity index (χ2n) is 4.46. The Balaban J connectivity index is 1.74. The van der Waals surface area contributed by atoms with Gasteiger partial charge in [0.05, 0.1) is 5.56 Å². The highest BCUT2D eigenvalue weighted by Crippen LogP contribution is 2.18. The first-order chi connectivity index (χ1) is 8.66. The number of amides is 1. The van der Waals surface area contributed by atoms with Crippen LogP contribution >= 0.6 is 11.6 Å². The van der Waals surface area contributed by atoms with Crippen molar-refractivity contribution in [2.24, 2.45) is 0 Å². The molecular weight excluding hydrogens is 255 g/mol. The summed E-state index contributed by atoms with van der Waals surface area (Å²) in [6.45, 7) is 1.41. The molecule has 0 spiro atoms. The molecule has 1 aromatic carbocycles. The summed E-state index contributed by atoms with van der Waals surface area (Å²) in [6.07, 6.45) is 3.34. The molecule has 0 saturated heterocycles. The maximum atomic E-state index is 13.4. The van der Waals surface area contributed by atoms with E-state index in [0.717, 1.165) is 13.0 Å². The van der Waals surface area contributed by atoms with Gasteiger partial charge in [0.15, 0.2) is 0 Å². The van der Waals surface area contributed by atoms with Gasteiger partial charge in [-0.2, -0.15) is 0 Å². The van der Waals surface area contributed by atoms with Crippen LogP contribution in [0.3, 0.4) is 0 Å². The lowest BCUT2D eigenvalue weighted by Crippen LogP contribution is -2.28. The summed E-state index contributed by atoms with van der Waals surface area (Å²) in [7, 11) is 0. The first-order valence-corrected chi connectivity index (χ1v) is 6.51. The topological polar surface area (TPSA) is 41.1 Å². The quantitative estimate of drug-likeness (QED) is 0.779. The summed E-state index contributed by atoms with van der Waals surface area (Å²) in [5.74, 6) is -0.963. The highest BCUT2D eigenvalue weighted by molar-refractivity contribution is 6.30. The molecular formula is C13H16ClFN2O. The van der Waals surface area contributed by atoms with Crippen LogP contribution in [0.2, 0.25) is 5.02 Å². The molecule has 0 heterocycles. The largest absolute Gasteiger partial charge is 0.352 e. The van der Waals surface area contributed by atoms with E-state index in [2.05, 4.69) is 10.6 Å². The van der Waals surface area contributed by atoms with Crippen LogP contribution < -0.4 is 10.6 Å². The van der Waals surface area contributed by atoms with Crippen molar-refractivity contribution in [2.75, 3.05) is 13.1 Å². The standard InChI is InChI=1S/C13H16ClFN2O/c14-9-2-5-12(15)11(8-9)13(18)17-7-1-6-16-10-3-4-10/h2,5,8,10,16H,1,3-4,6-7H2,(H,17,18). The average Bonchev–Trinajstić information content (AvgIpc) is 3.15. The third kappa shape index (κ3) is 3.96. The molecule has 0 atom stereocenters. The normalized spacial score (nSPS) is 14.6. The molecule has 2 N–H and O–H groups in total. The molecule has 1 aliphatic rings. The van der Waals surface area contributed by atoms with E-state index in [0.29, 0.717) is 17.6 Å². The van der Waals surface area contributed by atoms with Gasteiger partial charge in [-0.15, -0.1) is 0 Å². The summed E-state index contributed by atoms with van der Waals surface area (Å²) >= 11 is 5.73. The highest BCUT2D eigenvalue weighted by Gasteiger charge is 2.19. The molecule has 18 heavy (non-hydrogen) atoms. The number of carbonyl (C=O) groups is 1. The summed E-state index contributed by atoms with van der Waals surface area (Å²) < 4.78 is 13.4. The van der Waals surface area contributed by atoms with Gasteiger partial charge in [0, 0.05) is 17.6 Å². The van der Waals surface area contributed by atoms with Crippen LogP contribution in [0.5, 0.6) is 0 Å². The van der Waals surface area contributed by atoms with Crippen LogP contribution in [-0.4, -0.2) is 25.0 Å². The monoisotopic (exact) mass is 270 g/mol. The predicted octanol–water partition coefficient (Wildman–Crippen LogP) is 2.35. The second kappa shape index (κ2) is 6.16. The van der Waals surface area contributed by atoms with Gasteiger partial charge in [0.1, 0.15) is 5.82 Å². The smallest absolute Gasteiger partial charge is 0.254 e. The van der Waals surface area contributed by atoms with Crippen LogP contribution in [0.4, 0.5) is 4.39 Å². The zero-order chi connectivity index (χ0) is 13.0. The number of halogens is 2. The number of nitrogens with one attached hydrogen (secondary N) is 2. The third-order valence-corrected chi connectivity index (χ3v) is 3.06. The molecule has 1 aromatic rings. The number of benzene rings is 1. The minimum atomic E-state index is -0.548. The minimum absolute atomic E-state index is 0.00217. The molecule has 98 valence electrons. The molecule has 0 unspecified atom stereocenters. The maximum Gasteiger partial charge on any atom is 0.254 e. The third-order valence-electron chi connectivity index (χ3n) is 2.82. The fourth-order valence-corrected chi connectivity index (χ4v) is 1.82. The molecule has 0 bridgehead atoms. The molecule has 0 aromatic heterocycles. The molecule has 1 amide bonds. The van der Waals surface area contributed by atoms with E-state index >= 15 is 0 Å². The Bertz CT molecular complexity index is 435. The van der Waals surface area contributed by atoms with Gasteiger partial charge in [0.25, 0.3) is 5.91 Å². The van der Waals surface area contributed by atoms with Crippen molar-refractivity contribution in [3.63, 3.8) is 0 Å². The molecule has 1 aliphatic carbocycles. The van der Waals surface area contributed by atoms with Gasteiger partial charge in [-0.25, -0.2) is 4.39 Å². The van der Waals surface area contributed by atoms with Crippen molar-refractivity contribution < 1.29 is 9.18 Å². The molecule has 3 nitrogen and oxygen atoms in total. The van der Waals surface area contributed by atoms with Crippen LogP contribution in [0, 0.1) is 5.82 Å². The fourth-order valence-electron chi connectivity index (χ4n) is 1.65. The van der Waals surface area contributed by atoms with Crippen LogP contribution in [0.1, 0.15) is 29.6 Å². The Labute approximate surface area is 111 Å². The second-order valence-corrected chi connectivity index (χ2v) is 4.90.